The number of thiazole rings is 1. The summed E-state index contributed by atoms with van der Waals surface area (Å²) in [7, 11) is 0. The fourth-order valence-electron chi connectivity index (χ4n) is 3.55. The van der Waals surface area contributed by atoms with Crippen molar-refractivity contribution in [1.29, 1.82) is 0 Å². The standard InChI is InChI=1S/C20H15F3N6O3S/c21-20(22,23)9-29-18(24-10-26-29)19-27-17-13-2-1-11(5-14(13)32-4-3-15(17)33-19)12-6-25-28(7-12)8-16(30)31/h1-2,5-7,10H,3-4,8-9H2,(H,30,31). The Kier molecular flexibility index (Phi) is 5.12. The SMILES string of the molecule is O=C(O)Cn1cc(-c2ccc3c(c2)OCCc2sc(-c4ncnn4CC(F)(F)F)nc2-3)cn1. The van der Waals surface area contributed by atoms with Gasteiger partial charge in [0.1, 0.15) is 25.2 Å². The summed E-state index contributed by atoms with van der Waals surface area (Å²) in [6.45, 7) is -1.12. The molecule has 0 radical (unpaired) electrons. The third-order valence-electron chi connectivity index (χ3n) is 4.92. The molecule has 4 heterocycles. The molecule has 0 bridgehead atoms. The van der Waals surface area contributed by atoms with E-state index < -0.39 is 18.7 Å². The number of hydrogen-bond acceptors (Lipinski definition) is 7. The zero-order valence-electron chi connectivity index (χ0n) is 16.8. The number of hydrogen-bond donors (Lipinski definition) is 1. The van der Waals surface area contributed by atoms with Crippen LogP contribution >= 0.6 is 11.3 Å². The van der Waals surface area contributed by atoms with Crippen LogP contribution in [0.2, 0.25) is 0 Å². The Bertz CT molecular complexity index is 1340. The molecule has 0 saturated heterocycles. The lowest BCUT2D eigenvalue weighted by molar-refractivity contribution is -0.142. The summed E-state index contributed by atoms with van der Waals surface area (Å²) in [5.74, 6) is -0.353. The predicted octanol–water partition coefficient (Wildman–Crippen LogP) is 3.51. The number of carbonyl (C=O) groups is 1. The third-order valence-corrected chi connectivity index (χ3v) is 6.03. The van der Waals surface area contributed by atoms with Crippen molar-refractivity contribution in [2.45, 2.75) is 25.7 Å². The topological polar surface area (TPSA) is 108 Å². The number of alkyl halides is 3. The van der Waals surface area contributed by atoms with Crippen molar-refractivity contribution in [3.05, 3.63) is 41.8 Å². The minimum atomic E-state index is -4.42. The highest BCUT2D eigenvalue weighted by molar-refractivity contribution is 7.15. The summed E-state index contributed by atoms with van der Waals surface area (Å²) < 4.78 is 46.7. The van der Waals surface area contributed by atoms with Gasteiger partial charge in [0.15, 0.2) is 10.8 Å². The maximum atomic E-state index is 12.9. The largest absolute Gasteiger partial charge is 0.492 e. The Morgan fingerprint density at radius 2 is 2.09 bits per heavy atom. The Morgan fingerprint density at radius 3 is 2.88 bits per heavy atom. The maximum Gasteiger partial charge on any atom is 0.408 e. The molecule has 0 atom stereocenters. The molecule has 0 fully saturated rings. The van der Waals surface area contributed by atoms with Crippen molar-refractivity contribution in [2.75, 3.05) is 6.61 Å². The van der Waals surface area contributed by atoms with Gasteiger partial charge in [0.2, 0.25) is 0 Å². The van der Waals surface area contributed by atoms with E-state index in [4.69, 9.17) is 9.84 Å². The number of benzene rings is 1. The molecule has 0 spiro atoms. The summed E-state index contributed by atoms with van der Waals surface area (Å²) in [4.78, 5) is 20.3. The Morgan fingerprint density at radius 1 is 1.24 bits per heavy atom. The van der Waals surface area contributed by atoms with Gasteiger partial charge < -0.3 is 9.84 Å². The van der Waals surface area contributed by atoms with Crippen LogP contribution in [-0.2, 0) is 24.3 Å². The first kappa shape index (κ1) is 21.1. The van der Waals surface area contributed by atoms with Gasteiger partial charge >= 0.3 is 12.1 Å². The lowest BCUT2D eigenvalue weighted by Crippen LogP contribution is -2.19. The molecule has 5 rings (SSSR count). The average Bonchev–Trinajstić information content (AvgIpc) is 3.45. The molecule has 1 aliphatic rings. The van der Waals surface area contributed by atoms with Gasteiger partial charge in [-0.15, -0.1) is 11.3 Å². The van der Waals surface area contributed by atoms with Crippen LogP contribution in [0.5, 0.6) is 5.75 Å². The first-order valence-corrected chi connectivity index (χ1v) is 10.5. The van der Waals surface area contributed by atoms with Crippen molar-refractivity contribution in [2.24, 2.45) is 0 Å². The van der Waals surface area contributed by atoms with Crippen LogP contribution in [0.3, 0.4) is 0 Å². The summed E-state index contributed by atoms with van der Waals surface area (Å²) in [5, 5.41) is 17.0. The number of rotatable bonds is 5. The van der Waals surface area contributed by atoms with E-state index in [0.29, 0.717) is 35.0 Å². The second-order valence-electron chi connectivity index (χ2n) is 7.28. The van der Waals surface area contributed by atoms with Crippen LogP contribution in [0.25, 0.3) is 33.2 Å². The molecule has 1 aromatic carbocycles. The monoisotopic (exact) mass is 476 g/mol. The zero-order valence-corrected chi connectivity index (χ0v) is 17.6. The molecule has 0 amide bonds. The molecular weight excluding hydrogens is 461 g/mol. The van der Waals surface area contributed by atoms with Crippen molar-refractivity contribution in [1.82, 2.24) is 29.5 Å². The number of nitrogens with zero attached hydrogens (tertiary/aromatic N) is 6. The lowest BCUT2D eigenvalue weighted by Gasteiger charge is -2.09. The van der Waals surface area contributed by atoms with E-state index in [0.717, 1.165) is 27.0 Å². The number of carboxylic acid groups (broad SMARTS) is 1. The van der Waals surface area contributed by atoms with E-state index in [1.165, 1.54) is 16.0 Å². The smallest absolute Gasteiger partial charge is 0.408 e. The van der Waals surface area contributed by atoms with Gasteiger partial charge in [0.25, 0.3) is 0 Å². The number of ether oxygens (including phenoxy) is 1. The predicted molar refractivity (Wildman–Crippen MR) is 111 cm³/mol. The minimum absolute atomic E-state index is 0.0651. The minimum Gasteiger partial charge on any atom is -0.492 e. The molecule has 4 aromatic rings. The van der Waals surface area contributed by atoms with Gasteiger partial charge in [0, 0.05) is 28.6 Å². The number of aliphatic carboxylic acids is 1. The second kappa shape index (κ2) is 7.99. The van der Waals surface area contributed by atoms with E-state index >= 15 is 0 Å². The number of carboxylic acids is 1. The molecule has 0 aliphatic carbocycles. The second-order valence-corrected chi connectivity index (χ2v) is 8.36. The molecule has 9 nitrogen and oxygen atoms in total. The van der Waals surface area contributed by atoms with Gasteiger partial charge in [-0.3, -0.25) is 9.48 Å². The van der Waals surface area contributed by atoms with E-state index in [1.54, 1.807) is 12.4 Å². The molecule has 170 valence electrons. The van der Waals surface area contributed by atoms with Crippen LogP contribution < -0.4 is 4.74 Å². The first-order chi connectivity index (χ1) is 15.8. The lowest BCUT2D eigenvalue weighted by atomic mass is 10.0. The van der Waals surface area contributed by atoms with Crippen molar-refractivity contribution >= 4 is 17.3 Å². The van der Waals surface area contributed by atoms with E-state index in [9.17, 15) is 18.0 Å². The van der Waals surface area contributed by atoms with E-state index in [1.807, 2.05) is 18.2 Å². The molecule has 0 saturated carbocycles. The molecule has 33 heavy (non-hydrogen) atoms. The van der Waals surface area contributed by atoms with Crippen LogP contribution in [-0.4, -0.2) is 53.4 Å². The normalized spacial score (nSPS) is 13.2. The Hall–Kier alpha value is -3.74. The van der Waals surface area contributed by atoms with Crippen molar-refractivity contribution in [3.63, 3.8) is 0 Å². The molecule has 13 heteroatoms. The van der Waals surface area contributed by atoms with Crippen LogP contribution in [0, 0.1) is 0 Å². The molecular formula is C20H15F3N6O3S. The quantitative estimate of drug-likeness (QED) is 0.470. The van der Waals surface area contributed by atoms with Gasteiger partial charge in [-0.05, 0) is 17.7 Å². The summed E-state index contributed by atoms with van der Waals surface area (Å²) in [6, 6.07) is 5.48. The van der Waals surface area contributed by atoms with Gasteiger partial charge in [-0.2, -0.15) is 23.4 Å². The Balaban J connectivity index is 1.49. The summed E-state index contributed by atoms with van der Waals surface area (Å²) in [6.07, 6.45) is 0.405. The number of halogens is 3. The van der Waals surface area contributed by atoms with Crippen molar-refractivity contribution < 1.29 is 27.8 Å². The first-order valence-electron chi connectivity index (χ1n) is 9.73. The van der Waals surface area contributed by atoms with Crippen LogP contribution in [0.1, 0.15) is 4.88 Å². The molecule has 3 aromatic heterocycles. The molecule has 1 N–H and O–H groups in total. The molecule has 1 aliphatic heterocycles. The number of fused-ring (bicyclic) bond motifs is 3. The fraction of sp³-hybridized carbons (Fsp3) is 0.250. The zero-order chi connectivity index (χ0) is 23.2. The van der Waals surface area contributed by atoms with Gasteiger partial charge in [-0.1, -0.05) is 6.07 Å². The fourth-order valence-corrected chi connectivity index (χ4v) is 4.61. The summed E-state index contributed by atoms with van der Waals surface area (Å²) in [5.41, 5.74) is 2.87. The number of aromatic nitrogens is 6. The Labute approximate surface area is 188 Å². The summed E-state index contributed by atoms with van der Waals surface area (Å²) >= 11 is 1.27. The highest BCUT2D eigenvalue weighted by Gasteiger charge is 2.31. The average molecular weight is 476 g/mol. The van der Waals surface area contributed by atoms with Gasteiger partial charge in [-0.25, -0.2) is 14.6 Å². The van der Waals surface area contributed by atoms with E-state index in [-0.39, 0.29) is 12.4 Å². The van der Waals surface area contributed by atoms with Gasteiger partial charge in [0.05, 0.1) is 18.5 Å². The highest BCUT2D eigenvalue weighted by atomic mass is 32.1. The highest BCUT2D eigenvalue weighted by Crippen LogP contribution is 2.41. The van der Waals surface area contributed by atoms with Crippen LogP contribution in [0.15, 0.2) is 36.9 Å². The molecule has 0 unspecified atom stereocenters. The third kappa shape index (κ3) is 4.31. The van der Waals surface area contributed by atoms with Crippen LogP contribution in [0.4, 0.5) is 13.2 Å². The maximum absolute atomic E-state index is 12.9. The van der Waals surface area contributed by atoms with Crippen molar-refractivity contribution in [3.8, 4) is 39.0 Å². The van der Waals surface area contributed by atoms with E-state index in [2.05, 4.69) is 20.2 Å².